The van der Waals surface area contributed by atoms with E-state index >= 15 is 0 Å². The van der Waals surface area contributed by atoms with Crippen molar-refractivity contribution in [2.45, 2.75) is 17.5 Å². The lowest BCUT2D eigenvalue weighted by Gasteiger charge is -2.25. The van der Waals surface area contributed by atoms with Crippen molar-refractivity contribution < 1.29 is 40.2 Å². The predicted molar refractivity (Wildman–Crippen MR) is 57.4 cm³/mol. The van der Waals surface area contributed by atoms with Crippen LogP contribution in [-0.4, -0.2) is 32.3 Å². The molecule has 1 N–H and O–H groups in total. The molecular formula is C10H7F5O4S. The van der Waals surface area contributed by atoms with Gasteiger partial charge < -0.3 is 9.29 Å². The molecule has 2 unspecified atom stereocenters. The second kappa shape index (κ2) is 5.83. The van der Waals surface area contributed by atoms with Gasteiger partial charge in [0.2, 0.25) is 11.1 Å². The number of carbonyl (C=O) groups is 1. The van der Waals surface area contributed by atoms with Gasteiger partial charge in [-0.05, 0) is 12.1 Å². The average Bonchev–Trinajstić information content (AvgIpc) is 2.34. The molecule has 1 aromatic rings. The normalized spacial score (nSPS) is 15.5. The van der Waals surface area contributed by atoms with Crippen LogP contribution in [0.4, 0.5) is 22.0 Å². The minimum atomic E-state index is -5.70. The van der Waals surface area contributed by atoms with E-state index in [1.807, 2.05) is 0 Å². The van der Waals surface area contributed by atoms with Crippen LogP contribution in [0.1, 0.15) is 10.4 Å². The van der Waals surface area contributed by atoms with Crippen LogP contribution in [-0.2, 0) is 15.8 Å². The Balaban J connectivity index is 3.04. The van der Waals surface area contributed by atoms with Gasteiger partial charge in [0, 0.05) is 0 Å². The molecule has 0 saturated heterocycles. The molecule has 0 heterocycles. The highest BCUT2D eigenvalue weighted by Gasteiger charge is 2.62. The number of esters is 1. The third-order valence-electron chi connectivity index (χ3n) is 2.07. The summed E-state index contributed by atoms with van der Waals surface area (Å²) in [5.74, 6) is -1.68. The van der Waals surface area contributed by atoms with Gasteiger partial charge >= 0.3 is 17.4 Å². The van der Waals surface area contributed by atoms with Crippen LogP contribution in [0.25, 0.3) is 0 Å². The van der Waals surface area contributed by atoms with Crippen LogP contribution in [0.15, 0.2) is 30.3 Å². The van der Waals surface area contributed by atoms with Gasteiger partial charge in [-0.15, -0.1) is 0 Å². The molecule has 0 aliphatic carbocycles. The molecule has 1 aromatic carbocycles. The number of ether oxygens (including phenoxy) is 1. The lowest BCUT2D eigenvalue weighted by atomic mass is 10.2. The topological polar surface area (TPSA) is 63.6 Å². The Hall–Kier alpha value is -1.55. The summed E-state index contributed by atoms with van der Waals surface area (Å²) in [7, 11) is 0. The lowest BCUT2D eigenvalue weighted by Crippen LogP contribution is -2.50. The van der Waals surface area contributed by atoms with E-state index < -0.39 is 40.1 Å². The van der Waals surface area contributed by atoms with Crippen molar-refractivity contribution in [1.29, 1.82) is 0 Å². The van der Waals surface area contributed by atoms with Gasteiger partial charge in [-0.25, -0.2) is 9.00 Å². The SMILES string of the molecule is O=C(OC(C(F)(F)F)C(F)(F)S(=O)O)c1ccccc1. The standard InChI is InChI=1S/C10H7F5O4S/c11-9(12,13)8(10(14,15)20(17)18)19-7(16)6-4-2-1-3-5-6/h1-5,8H,(H,17,18). The van der Waals surface area contributed by atoms with Gasteiger partial charge in [0.1, 0.15) is 0 Å². The first-order valence-corrected chi connectivity index (χ1v) is 5.99. The summed E-state index contributed by atoms with van der Waals surface area (Å²) < 4.78 is 85.6. The van der Waals surface area contributed by atoms with Crippen molar-refractivity contribution >= 4 is 17.0 Å². The van der Waals surface area contributed by atoms with Crippen molar-refractivity contribution in [2.24, 2.45) is 0 Å². The molecule has 4 nitrogen and oxygen atoms in total. The van der Waals surface area contributed by atoms with E-state index in [9.17, 15) is 31.0 Å². The molecule has 0 aromatic heterocycles. The summed E-state index contributed by atoms with van der Waals surface area (Å²) in [6.07, 6.45) is -9.72. The molecular weight excluding hydrogens is 311 g/mol. The first-order valence-electron chi connectivity index (χ1n) is 4.88. The zero-order valence-corrected chi connectivity index (χ0v) is 10.3. The first-order chi connectivity index (χ1) is 9.06. The monoisotopic (exact) mass is 318 g/mol. The Labute approximate surface area is 111 Å². The fourth-order valence-electron chi connectivity index (χ4n) is 1.17. The first kappa shape index (κ1) is 16.5. The summed E-state index contributed by atoms with van der Waals surface area (Å²) in [6.45, 7) is 0. The summed E-state index contributed by atoms with van der Waals surface area (Å²) >= 11 is -4.16. The molecule has 0 radical (unpaired) electrons. The molecule has 0 spiro atoms. The molecule has 2 atom stereocenters. The predicted octanol–water partition coefficient (Wildman–Crippen LogP) is 2.59. The van der Waals surface area contributed by atoms with E-state index in [1.165, 1.54) is 18.2 Å². The Kier molecular flexibility index (Phi) is 4.81. The van der Waals surface area contributed by atoms with E-state index in [0.29, 0.717) is 0 Å². The summed E-state index contributed by atoms with van der Waals surface area (Å²) in [5, 5.41) is -5.18. The van der Waals surface area contributed by atoms with Gasteiger partial charge in [0.25, 0.3) is 6.10 Å². The molecule has 1 rings (SSSR count). The molecule has 112 valence electrons. The van der Waals surface area contributed by atoms with Gasteiger partial charge in [-0.2, -0.15) is 22.0 Å². The van der Waals surface area contributed by atoms with Crippen molar-refractivity contribution in [1.82, 2.24) is 0 Å². The van der Waals surface area contributed by atoms with E-state index in [-0.39, 0.29) is 0 Å². The Morgan fingerprint density at radius 2 is 1.65 bits per heavy atom. The van der Waals surface area contributed by atoms with Crippen molar-refractivity contribution in [3.05, 3.63) is 35.9 Å². The molecule has 10 heteroatoms. The Morgan fingerprint density at radius 3 is 2.05 bits per heavy atom. The van der Waals surface area contributed by atoms with Crippen molar-refractivity contribution in [3.63, 3.8) is 0 Å². The van der Waals surface area contributed by atoms with Crippen LogP contribution in [0.2, 0.25) is 0 Å². The lowest BCUT2D eigenvalue weighted by molar-refractivity contribution is -0.246. The molecule has 0 amide bonds. The minimum absolute atomic E-state index is 0.402. The van der Waals surface area contributed by atoms with Crippen LogP contribution in [0.3, 0.4) is 0 Å². The number of alkyl halides is 5. The smallest absolute Gasteiger partial charge is 0.432 e. The average molecular weight is 318 g/mol. The van der Waals surface area contributed by atoms with Crippen LogP contribution in [0, 0.1) is 0 Å². The van der Waals surface area contributed by atoms with Gasteiger partial charge in [-0.3, -0.25) is 0 Å². The van der Waals surface area contributed by atoms with Crippen molar-refractivity contribution in [2.75, 3.05) is 0 Å². The maximum Gasteiger partial charge on any atom is 0.432 e. The summed E-state index contributed by atoms with van der Waals surface area (Å²) in [4.78, 5) is 11.3. The molecule has 0 saturated carbocycles. The fraction of sp³-hybridized carbons (Fsp3) is 0.300. The number of halogens is 5. The fourth-order valence-corrected chi connectivity index (χ4v) is 1.53. The minimum Gasteiger partial charge on any atom is -0.441 e. The molecule has 0 fully saturated rings. The Morgan fingerprint density at radius 1 is 1.15 bits per heavy atom. The van der Waals surface area contributed by atoms with Crippen LogP contribution < -0.4 is 0 Å². The third-order valence-corrected chi connectivity index (χ3v) is 2.75. The van der Waals surface area contributed by atoms with E-state index in [4.69, 9.17) is 4.55 Å². The number of carbonyl (C=O) groups excluding carboxylic acids is 1. The molecule has 0 aliphatic rings. The van der Waals surface area contributed by atoms with E-state index in [0.717, 1.165) is 12.1 Å². The van der Waals surface area contributed by atoms with Crippen molar-refractivity contribution in [3.8, 4) is 0 Å². The van der Waals surface area contributed by atoms with Gasteiger partial charge in [-0.1, -0.05) is 18.2 Å². The zero-order valence-electron chi connectivity index (χ0n) is 9.43. The number of hydrogen-bond donors (Lipinski definition) is 1. The maximum absolute atomic E-state index is 13.0. The summed E-state index contributed by atoms with van der Waals surface area (Å²) in [6, 6.07) is 6.09. The Bertz CT molecular complexity index is 502. The van der Waals surface area contributed by atoms with Gasteiger partial charge in [0.05, 0.1) is 5.56 Å². The van der Waals surface area contributed by atoms with Gasteiger partial charge in [0.15, 0.2) is 0 Å². The highest BCUT2D eigenvalue weighted by molar-refractivity contribution is 7.80. The second-order valence-corrected chi connectivity index (χ2v) is 4.55. The molecule has 20 heavy (non-hydrogen) atoms. The quantitative estimate of drug-likeness (QED) is 0.526. The number of hydrogen-bond acceptors (Lipinski definition) is 3. The van der Waals surface area contributed by atoms with Crippen LogP contribution >= 0.6 is 0 Å². The van der Waals surface area contributed by atoms with E-state index in [1.54, 1.807) is 0 Å². The van der Waals surface area contributed by atoms with E-state index in [2.05, 4.69) is 4.74 Å². The summed E-state index contributed by atoms with van der Waals surface area (Å²) in [5.41, 5.74) is -0.402. The molecule has 0 aliphatic heterocycles. The number of benzene rings is 1. The maximum atomic E-state index is 13.0. The zero-order chi connectivity index (χ0) is 15.6. The second-order valence-electron chi connectivity index (χ2n) is 3.50. The third kappa shape index (κ3) is 3.73. The highest BCUT2D eigenvalue weighted by Crippen LogP contribution is 2.36. The molecule has 0 bridgehead atoms. The number of rotatable bonds is 4. The highest BCUT2D eigenvalue weighted by atomic mass is 32.2. The van der Waals surface area contributed by atoms with Crippen LogP contribution in [0.5, 0.6) is 0 Å². The largest absolute Gasteiger partial charge is 0.441 e.